The second-order valence-corrected chi connectivity index (χ2v) is 2.78. The summed E-state index contributed by atoms with van der Waals surface area (Å²) in [5.41, 5.74) is 0. The number of unbranched alkanes of at least 4 members (excludes halogenated alkanes) is 2. The molecule has 0 bridgehead atoms. The highest BCUT2D eigenvalue weighted by atomic mass is 16.5. The van der Waals surface area contributed by atoms with Crippen LogP contribution in [0.4, 0.5) is 0 Å². The summed E-state index contributed by atoms with van der Waals surface area (Å²) in [7, 11) is 0. The third kappa shape index (κ3) is 10.6. The van der Waals surface area contributed by atoms with Crippen molar-refractivity contribution in [1.29, 1.82) is 0 Å². The van der Waals surface area contributed by atoms with Crippen molar-refractivity contribution in [3.63, 3.8) is 0 Å². The lowest BCUT2D eigenvalue weighted by Crippen LogP contribution is -1.99. The van der Waals surface area contributed by atoms with E-state index in [1.807, 2.05) is 12.2 Å². The largest absolute Gasteiger partial charge is 0.466 e. The zero-order valence-corrected chi connectivity index (χ0v) is 8.44. The minimum atomic E-state index is -0.227. The van der Waals surface area contributed by atoms with Gasteiger partial charge in [0.1, 0.15) is 6.29 Å². The summed E-state index contributed by atoms with van der Waals surface area (Å²) >= 11 is 0. The molecule has 0 aliphatic rings. The van der Waals surface area contributed by atoms with Crippen LogP contribution in [-0.2, 0) is 14.3 Å². The van der Waals surface area contributed by atoms with E-state index in [4.69, 9.17) is 4.74 Å². The number of rotatable bonds is 7. The molecule has 3 heteroatoms. The SMILES string of the molecule is CC(=O)OCCCC/C=C/C=C/C=O. The highest BCUT2D eigenvalue weighted by molar-refractivity contribution is 5.65. The minimum absolute atomic E-state index is 0.227. The van der Waals surface area contributed by atoms with Crippen LogP contribution in [0, 0.1) is 0 Å². The van der Waals surface area contributed by atoms with Crippen molar-refractivity contribution in [2.75, 3.05) is 6.61 Å². The number of carbonyl (C=O) groups excluding carboxylic acids is 2. The van der Waals surface area contributed by atoms with Crippen molar-refractivity contribution in [3.05, 3.63) is 24.3 Å². The Hall–Kier alpha value is -1.38. The third-order valence-corrected chi connectivity index (χ3v) is 1.51. The molecule has 0 rings (SSSR count). The summed E-state index contributed by atoms with van der Waals surface area (Å²) in [4.78, 5) is 20.2. The second-order valence-electron chi connectivity index (χ2n) is 2.78. The van der Waals surface area contributed by atoms with E-state index in [0.717, 1.165) is 25.5 Å². The normalized spacial score (nSPS) is 10.9. The van der Waals surface area contributed by atoms with Gasteiger partial charge in [-0.15, -0.1) is 0 Å². The molecule has 0 saturated carbocycles. The van der Waals surface area contributed by atoms with Gasteiger partial charge in [-0.25, -0.2) is 0 Å². The Kier molecular flexibility index (Phi) is 8.75. The van der Waals surface area contributed by atoms with Gasteiger partial charge in [0.05, 0.1) is 6.61 Å². The van der Waals surface area contributed by atoms with Gasteiger partial charge in [-0.3, -0.25) is 9.59 Å². The smallest absolute Gasteiger partial charge is 0.302 e. The quantitative estimate of drug-likeness (QED) is 0.206. The summed E-state index contributed by atoms with van der Waals surface area (Å²) in [5.74, 6) is -0.227. The molecule has 0 spiro atoms. The molecule has 78 valence electrons. The van der Waals surface area contributed by atoms with Crippen LogP contribution >= 0.6 is 0 Å². The molecule has 0 aromatic rings. The number of aldehydes is 1. The van der Waals surface area contributed by atoms with Gasteiger partial charge < -0.3 is 4.74 Å². The summed E-state index contributed by atoms with van der Waals surface area (Å²) in [6.45, 7) is 1.90. The monoisotopic (exact) mass is 196 g/mol. The third-order valence-electron chi connectivity index (χ3n) is 1.51. The first-order valence-corrected chi connectivity index (χ1v) is 4.67. The van der Waals surface area contributed by atoms with Gasteiger partial charge in [-0.2, -0.15) is 0 Å². The number of hydrogen-bond acceptors (Lipinski definition) is 3. The van der Waals surface area contributed by atoms with Crippen LogP contribution in [0.1, 0.15) is 26.2 Å². The first kappa shape index (κ1) is 12.6. The number of carbonyl (C=O) groups is 2. The molecule has 0 aromatic carbocycles. The summed E-state index contributed by atoms with van der Waals surface area (Å²) < 4.78 is 4.76. The molecule has 0 saturated heterocycles. The van der Waals surface area contributed by atoms with Crippen molar-refractivity contribution < 1.29 is 14.3 Å². The Morgan fingerprint density at radius 3 is 2.64 bits per heavy atom. The molecule has 0 amide bonds. The van der Waals surface area contributed by atoms with Crippen LogP contribution in [0.15, 0.2) is 24.3 Å². The molecule has 0 fully saturated rings. The average molecular weight is 196 g/mol. The van der Waals surface area contributed by atoms with Crippen LogP contribution in [0.3, 0.4) is 0 Å². The van der Waals surface area contributed by atoms with Crippen molar-refractivity contribution in [2.24, 2.45) is 0 Å². The Morgan fingerprint density at radius 2 is 2.00 bits per heavy atom. The van der Waals surface area contributed by atoms with Crippen LogP contribution in [0.5, 0.6) is 0 Å². The first-order valence-electron chi connectivity index (χ1n) is 4.67. The number of esters is 1. The maximum Gasteiger partial charge on any atom is 0.302 e. The van der Waals surface area contributed by atoms with E-state index in [-0.39, 0.29) is 5.97 Å². The van der Waals surface area contributed by atoms with E-state index < -0.39 is 0 Å². The van der Waals surface area contributed by atoms with E-state index in [1.165, 1.54) is 13.0 Å². The fourth-order valence-electron chi connectivity index (χ4n) is 0.864. The van der Waals surface area contributed by atoms with Crippen LogP contribution < -0.4 is 0 Å². The van der Waals surface area contributed by atoms with Gasteiger partial charge in [0, 0.05) is 6.92 Å². The van der Waals surface area contributed by atoms with Crippen LogP contribution in [-0.4, -0.2) is 18.9 Å². The highest BCUT2D eigenvalue weighted by Crippen LogP contribution is 1.97. The molecule has 0 radical (unpaired) electrons. The first-order chi connectivity index (χ1) is 6.77. The van der Waals surface area contributed by atoms with E-state index in [2.05, 4.69) is 0 Å². The lowest BCUT2D eigenvalue weighted by molar-refractivity contribution is -0.141. The molecular formula is C11H16O3. The highest BCUT2D eigenvalue weighted by Gasteiger charge is 1.90. The molecular weight excluding hydrogens is 180 g/mol. The molecule has 3 nitrogen and oxygen atoms in total. The standard InChI is InChI=1S/C11H16O3/c1-11(13)14-10-8-6-4-2-3-5-7-9-12/h2-3,5,7,9H,4,6,8,10H2,1H3/b3-2+,7-5+. The Balaban J connectivity index is 3.20. The van der Waals surface area contributed by atoms with Crippen molar-refractivity contribution in [3.8, 4) is 0 Å². The second kappa shape index (κ2) is 9.71. The molecule has 0 heterocycles. The predicted octanol–water partition coefficient (Wildman–Crippen LogP) is 2.03. The van der Waals surface area contributed by atoms with Gasteiger partial charge >= 0.3 is 5.97 Å². The maximum absolute atomic E-state index is 10.4. The van der Waals surface area contributed by atoms with Gasteiger partial charge in [0.25, 0.3) is 0 Å². The van der Waals surface area contributed by atoms with Crippen molar-refractivity contribution in [1.82, 2.24) is 0 Å². The number of allylic oxidation sites excluding steroid dienone is 4. The van der Waals surface area contributed by atoms with E-state index in [9.17, 15) is 9.59 Å². The summed E-state index contributed by atoms with van der Waals surface area (Å²) in [5, 5.41) is 0. The number of ether oxygens (including phenoxy) is 1. The topological polar surface area (TPSA) is 43.4 Å². The zero-order chi connectivity index (χ0) is 10.6. The molecule has 0 unspecified atom stereocenters. The van der Waals surface area contributed by atoms with Gasteiger partial charge in [0.15, 0.2) is 0 Å². The van der Waals surface area contributed by atoms with E-state index in [1.54, 1.807) is 6.08 Å². The Morgan fingerprint density at radius 1 is 1.21 bits per heavy atom. The van der Waals surface area contributed by atoms with Gasteiger partial charge in [-0.05, 0) is 25.3 Å². The van der Waals surface area contributed by atoms with Gasteiger partial charge in [-0.1, -0.05) is 18.2 Å². The molecule has 0 aliphatic heterocycles. The van der Waals surface area contributed by atoms with Gasteiger partial charge in [0.2, 0.25) is 0 Å². The molecule has 14 heavy (non-hydrogen) atoms. The van der Waals surface area contributed by atoms with Crippen LogP contribution in [0.25, 0.3) is 0 Å². The zero-order valence-electron chi connectivity index (χ0n) is 8.44. The lowest BCUT2D eigenvalue weighted by Gasteiger charge is -1.98. The summed E-state index contributed by atoms with van der Waals surface area (Å²) in [6.07, 6.45) is 10.5. The minimum Gasteiger partial charge on any atom is -0.466 e. The van der Waals surface area contributed by atoms with Crippen molar-refractivity contribution >= 4 is 12.3 Å². The Labute approximate surface area is 84.4 Å². The predicted molar refractivity (Wildman–Crippen MR) is 54.8 cm³/mol. The maximum atomic E-state index is 10.4. The fraction of sp³-hybridized carbons (Fsp3) is 0.455. The lowest BCUT2D eigenvalue weighted by atomic mass is 10.2. The molecule has 0 N–H and O–H groups in total. The molecule has 0 atom stereocenters. The van der Waals surface area contributed by atoms with Crippen LogP contribution in [0.2, 0.25) is 0 Å². The van der Waals surface area contributed by atoms with Crippen molar-refractivity contribution in [2.45, 2.75) is 26.2 Å². The summed E-state index contributed by atoms with van der Waals surface area (Å²) in [6, 6.07) is 0. The van der Waals surface area contributed by atoms with E-state index in [0.29, 0.717) is 6.61 Å². The molecule has 0 aromatic heterocycles. The Bertz CT molecular complexity index is 217. The number of hydrogen-bond donors (Lipinski definition) is 0. The average Bonchev–Trinajstić information content (AvgIpc) is 2.15. The fourth-order valence-corrected chi connectivity index (χ4v) is 0.864. The molecule has 0 aliphatic carbocycles. The van der Waals surface area contributed by atoms with E-state index >= 15 is 0 Å².